The summed E-state index contributed by atoms with van der Waals surface area (Å²) in [7, 11) is 1.27. The van der Waals surface area contributed by atoms with Gasteiger partial charge in [0.1, 0.15) is 24.3 Å². The third kappa shape index (κ3) is 4.59. The summed E-state index contributed by atoms with van der Waals surface area (Å²) in [6.07, 6.45) is 4.82. The molecule has 1 saturated heterocycles. The Morgan fingerprint density at radius 2 is 2.27 bits per heavy atom. The van der Waals surface area contributed by atoms with Crippen LogP contribution in [0.3, 0.4) is 0 Å². The molecule has 5 rings (SSSR count). The summed E-state index contributed by atoms with van der Waals surface area (Å²) in [6.45, 7) is 2.40. The molecule has 0 aromatic carbocycles. The number of thioether (sulfide) groups is 2. The Labute approximate surface area is 219 Å². The Kier molecular flexibility index (Phi) is 6.72. The van der Waals surface area contributed by atoms with E-state index in [1.54, 1.807) is 11.8 Å². The topological polar surface area (TPSA) is 182 Å². The monoisotopic (exact) mass is 544 g/mol. The van der Waals surface area contributed by atoms with Crippen LogP contribution in [0.4, 0.5) is 11.5 Å². The first-order valence-electron chi connectivity index (χ1n) is 11.4. The van der Waals surface area contributed by atoms with Crippen molar-refractivity contribution in [2.24, 2.45) is 5.16 Å². The molecule has 2 unspecified atom stereocenters. The largest absolute Gasteiger partial charge is 0.543 e. The minimum absolute atomic E-state index is 0.151. The third-order valence-corrected chi connectivity index (χ3v) is 8.74. The highest BCUT2D eigenvalue weighted by molar-refractivity contribution is 8.00. The zero-order chi connectivity index (χ0) is 26.3. The van der Waals surface area contributed by atoms with Crippen LogP contribution in [0.1, 0.15) is 19.0 Å². The van der Waals surface area contributed by atoms with E-state index in [9.17, 15) is 19.5 Å². The number of pyridine rings is 1. The standard InChI is InChI=1S/C22H24N8O5S2/c1-3-15-24-11-4-5-29(8-13(11)37-15)7-10-9-36-21-17(20(32)30(21)18(10)22(33)34)25-19(31)16(28-35-2)12-6-14(23)27-26-12/h4-6,8,15,17,21H,3,7,9H2,1-2H3,(H5,23,25,26,27,28,31,33,34)/t15?,17?,21-/m1/s1. The molecular formula is C22H24N8O5S2. The number of β-lactam (4-membered cyclic amide) rings is 1. The predicted octanol–water partition coefficient (Wildman–Crippen LogP) is -1.01. The van der Waals surface area contributed by atoms with Crippen molar-refractivity contribution in [3.63, 3.8) is 0 Å². The fourth-order valence-electron chi connectivity index (χ4n) is 4.35. The number of aliphatic carboxylic acids is 1. The molecule has 13 nitrogen and oxygen atoms in total. The molecule has 194 valence electrons. The van der Waals surface area contributed by atoms with E-state index in [0.29, 0.717) is 23.2 Å². The lowest BCUT2D eigenvalue weighted by molar-refractivity contribution is -0.690. The van der Waals surface area contributed by atoms with Gasteiger partial charge in [-0.25, -0.2) is 0 Å². The number of nitrogen functional groups attached to an aromatic ring is 1. The van der Waals surface area contributed by atoms with E-state index in [-0.39, 0.29) is 22.9 Å². The molecule has 15 heteroatoms. The molecule has 5 N–H and O–H groups in total. The molecule has 3 aliphatic heterocycles. The number of rotatable bonds is 8. The van der Waals surface area contributed by atoms with Crippen molar-refractivity contribution in [1.82, 2.24) is 20.4 Å². The summed E-state index contributed by atoms with van der Waals surface area (Å²) in [4.78, 5) is 45.1. The van der Waals surface area contributed by atoms with Crippen molar-refractivity contribution in [1.29, 1.82) is 0 Å². The number of hydrogen-bond acceptors (Lipinski definition) is 11. The maximum atomic E-state index is 13.0. The van der Waals surface area contributed by atoms with Crippen LogP contribution >= 0.6 is 23.5 Å². The van der Waals surface area contributed by atoms with Crippen molar-refractivity contribution in [2.75, 3.05) is 23.9 Å². The summed E-state index contributed by atoms with van der Waals surface area (Å²) in [6, 6.07) is 2.42. The highest BCUT2D eigenvalue weighted by atomic mass is 32.2. The Balaban J connectivity index is 1.33. The summed E-state index contributed by atoms with van der Waals surface area (Å²) in [5, 5.41) is 27.9. The average molecular weight is 545 g/mol. The van der Waals surface area contributed by atoms with Gasteiger partial charge in [-0.1, -0.05) is 23.8 Å². The van der Waals surface area contributed by atoms with E-state index in [1.807, 2.05) is 23.0 Å². The quantitative estimate of drug-likeness (QED) is 0.139. The van der Waals surface area contributed by atoms with Crippen LogP contribution in [0.2, 0.25) is 0 Å². The number of aromatic nitrogens is 3. The van der Waals surface area contributed by atoms with Crippen LogP contribution in [0.15, 0.2) is 45.8 Å². The first-order valence-corrected chi connectivity index (χ1v) is 13.3. The Morgan fingerprint density at radius 1 is 1.46 bits per heavy atom. The first-order chi connectivity index (χ1) is 17.8. The lowest BCUT2D eigenvalue weighted by atomic mass is 10.0. The van der Waals surface area contributed by atoms with E-state index < -0.39 is 29.2 Å². The summed E-state index contributed by atoms with van der Waals surface area (Å²) in [5.74, 6) is -2.17. The number of carbonyl (C=O) groups excluding carboxylic acids is 3. The molecule has 2 aromatic rings. The number of carboxylic acids is 1. The average Bonchev–Trinajstić information content (AvgIpc) is 3.50. The minimum atomic E-state index is -1.43. The minimum Gasteiger partial charge on any atom is -0.543 e. The number of nitrogens with one attached hydrogen (secondary N) is 3. The van der Waals surface area contributed by atoms with Crippen LogP contribution in [0.25, 0.3) is 0 Å². The van der Waals surface area contributed by atoms with Gasteiger partial charge in [0, 0.05) is 23.5 Å². The molecule has 0 saturated carbocycles. The zero-order valence-electron chi connectivity index (χ0n) is 19.9. The van der Waals surface area contributed by atoms with Gasteiger partial charge in [0.2, 0.25) is 0 Å². The van der Waals surface area contributed by atoms with Gasteiger partial charge < -0.3 is 31.1 Å². The Bertz CT molecular complexity index is 1340. The van der Waals surface area contributed by atoms with Crippen LogP contribution in [-0.4, -0.2) is 68.2 Å². The van der Waals surface area contributed by atoms with Gasteiger partial charge in [0.15, 0.2) is 24.7 Å². The molecule has 2 amide bonds. The van der Waals surface area contributed by atoms with Crippen LogP contribution in [0.5, 0.6) is 0 Å². The number of amides is 2. The number of anilines is 2. The number of carboxylic acid groups (broad SMARTS) is 1. The molecule has 0 spiro atoms. The van der Waals surface area contributed by atoms with Crippen molar-refractivity contribution >= 4 is 58.5 Å². The lowest BCUT2D eigenvalue weighted by Gasteiger charge is -2.50. The number of fused-ring (bicyclic) bond motifs is 2. The summed E-state index contributed by atoms with van der Waals surface area (Å²) >= 11 is 3.09. The summed E-state index contributed by atoms with van der Waals surface area (Å²) in [5.41, 5.74) is 7.11. The molecule has 0 bridgehead atoms. The Hall–Kier alpha value is -3.72. The normalized spacial score (nSPS) is 22.6. The molecule has 3 aliphatic rings. The SMILES string of the molecule is CCC1Nc2cc[n+](CC3=C(C(=O)[O-])N4C(=O)C(NC(=O)C(=NOC)c5cc(N)n[nH]5)[C@H]4SC3)cc2S1. The number of nitrogens with two attached hydrogens (primary N) is 1. The van der Waals surface area contributed by atoms with Crippen LogP contribution < -0.4 is 26.0 Å². The number of oxime groups is 1. The van der Waals surface area contributed by atoms with Gasteiger partial charge in [-0.15, -0.1) is 11.8 Å². The lowest BCUT2D eigenvalue weighted by Crippen LogP contribution is -2.71. The van der Waals surface area contributed by atoms with Gasteiger partial charge in [-0.2, -0.15) is 9.67 Å². The number of hydrogen-bond donors (Lipinski definition) is 4. The molecule has 0 aliphatic carbocycles. The van der Waals surface area contributed by atoms with E-state index >= 15 is 0 Å². The molecule has 0 radical (unpaired) electrons. The molecule has 37 heavy (non-hydrogen) atoms. The number of carbonyl (C=O) groups is 3. The van der Waals surface area contributed by atoms with Crippen molar-refractivity contribution in [3.8, 4) is 0 Å². The number of aromatic amines is 1. The molecule has 1 fully saturated rings. The van der Waals surface area contributed by atoms with Gasteiger partial charge >= 0.3 is 0 Å². The molecule has 5 heterocycles. The van der Waals surface area contributed by atoms with Gasteiger partial charge in [-0.05, 0) is 6.42 Å². The third-order valence-electron chi connectivity index (χ3n) is 6.09. The number of H-pyrrole nitrogens is 1. The smallest absolute Gasteiger partial charge is 0.276 e. The molecule has 3 atom stereocenters. The van der Waals surface area contributed by atoms with Gasteiger partial charge in [0.25, 0.3) is 11.8 Å². The van der Waals surface area contributed by atoms with E-state index in [1.165, 1.54) is 29.8 Å². The van der Waals surface area contributed by atoms with Gasteiger partial charge in [-0.3, -0.25) is 19.6 Å². The molecule has 2 aromatic heterocycles. The summed E-state index contributed by atoms with van der Waals surface area (Å²) < 4.78 is 1.90. The maximum absolute atomic E-state index is 13.0. The Morgan fingerprint density at radius 3 is 2.95 bits per heavy atom. The van der Waals surface area contributed by atoms with Crippen molar-refractivity contribution < 1.29 is 28.9 Å². The second-order valence-corrected chi connectivity index (χ2v) is 10.8. The predicted molar refractivity (Wildman–Crippen MR) is 134 cm³/mol. The maximum Gasteiger partial charge on any atom is 0.276 e. The highest BCUT2D eigenvalue weighted by Gasteiger charge is 2.53. The highest BCUT2D eigenvalue weighted by Crippen LogP contribution is 2.41. The fourth-order valence-corrected chi connectivity index (χ4v) is 6.80. The number of nitrogens with zero attached hydrogens (tertiary/aromatic N) is 4. The second kappa shape index (κ2) is 9.97. The van der Waals surface area contributed by atoms with Crippen LogP contribution in [0, 0.1) is 0 Å². The zero-order valence-corrected chi connectivity index (χ0v) is 21.5. The van der Waals surface area contributed by atoms with Gasteiger partial charge in [0.05, 0.1) is 33.3 Å². The van der Waals surface area contributed by atoms with E-state index in [0.717, 1.165) is 17.0 Å². The van der Waals surface area contributed by atoms with Crippen molar-refractivity contribution in [2.45, 2.75) is 41.6 Å². The van der Waals surface area contributed by atoms with Crippen molar-refractivity contribution in [3.05, 3.63) is 41.5 Å². The van der Waals surface area contributed by atoms with Crippen LogP contribution in [-0.2, 0) is 25.8 Å². The van der Waals surface area contributed by atoms with E-state index in [4.69, 9.17) is 10.6 Å². The van der Waals surface area contributed by atoms with E-state index in [2.05, 4.69) is 32.9 Å². The molecular weight excluding hydrogens is 520 g/mol. The fraction of sp³-hybridized carbons (Fsp3) is 0.364. The second-order valence-electron chi connectivity index (χ2n) is 8.48. The first kappa shape index (κ1) is 25.0.